The van der Waals surface area contributed by atoms with E-state index < -0.39 is 0 Å². The number of ether oxygens (including phenoxy) is 4. The van der Waals surface area contributed by atoms with Gasteiger partial charge < -0.3 is 29.6 Å². The minimum Gasteiger partial charge on any atom is -0.379 e. The lowest BCUT2D eigenvalue weighted by Gasteiger charge is -2.08. The molecule has 0 rings (SSSR count). The number of carbonyl (C=O) groups excluding carboxylic acids is 2. The molecule has 0 radical (unpaired) electrons. The maximum atomic E-state index is 11.4. The van der Waals surface area contributed by atoms with Crippen molar-refractivity contribution >= 4 is 11.8 Å². The Kier molecular flexibility index (Phi) is 18.2. The molecule has 0 aliphatic rings. The molecule has 0 aliphatic heterocycles. The van der Waals surface area contributed by atoms with Crippen LogP contribution in [0.25, 0.3) is 0 Å². The van der Waals surface area contributed by atoms with Crippen LogP contribution in [0.4, 0.5) is 0 Å². The zero-order chi connectivity index (χ0) is 18.6. The van der Waals surface area contributed by atoms with Crippen LogP contribution in [0, 0.1) is 0 Å². The summed E-state index contributed by atoms with van der Waals surface area (Å²) in [4.78, 5) is 22.8. The summed E-state index contributed by atoms with van der Waals surface area (Å²) in [5.41, 5.74) is 0. The summed E-state index contributed by atoms with van der Waals surface area (Å²) in [7, 11) is 0. The fourth-order valence-corrected chi connectivity index (χ4v) is 1.68. The normalized spacial score (nSPS) is 10.6. The van der Waals surface area contributed by atoms with Gasteiger partial charge >= 0.3 is 0 Å². The first-order chi connectivity index (χ1) is 12.2. The average molecular weight is 362 g/mol. The molecule has 0 aromatic carbocycles. The lowest BCUT2D eigenvalue weighted by molar-refractivity contribution is -0.127. The molecule has 25 heavy (non-hydrogen) atoms. The van der Waals surface area contributed by atoms with Crippen LogP contribution < -0.4 is 10.6 Å². The Balaban J connectivity index is 3.24. The second-order valence-electron chi connectivity index (χ2n) is 5.38. The minimum atomic E-state index is -0.181. The van der Waals surface area contributed by atoms with Crippen molar-refractivity contribution in [2.45, 2.75) is 33.1 Å². The lowest BCUT2D eigenvalue weighted by Crippen LogP contribution is -2.31. The van der Waals surface area contributed by atoms with Crippen molar-refractivity contribution in [1.82, 2.24) is 10.6 Å². The van der Waals surface area contributed by atoms with E-state index in [-0.39, 0.29) is 25.0 Å². The molecule has 148 valence electrons. The highest BCUT2D eigenvalue weighted by Crippen LogP contribution is 1.84. The number of amides is 2. The number of nitrogens with one attached hydrogen (secondary N) is 2. The highest BCUT2D eigenvalue weighted by Gasteiger charge is 2.01. The van der Waals surface area contributed by atoms with Crippen molar-refractivity contribution in [2.24, 2.45) is 0 Å². The van der Waals surface area contributed by atoms with Crippen LogP contribution in [-0.2, 0) is 28.5 Å². The molecule has 8 heteroatoms. The first kappa shape index (κ1) is 23.8. The van der Waals surface area contributed by atoms with Crippen molar-refractivity contribution in [3.8, 4) is 0 Å². The monoisotopic (exact) mass is 362 g/mol. The Morgan fingerprint density at radius 2 is 1.16 bits per heavy atom. The van der Waals surface area contributed by atoms with E-state index in [0.717, 1.165) is 19.3 Å². The zero-order valence-electron chi connectivity index (χ0n) is 15.6. The molecule has 0 fully saturated rings. The molecule has 0 aromatic heterocycles. The molecular weight excluding hydrogens is 328 g/mol. The van der Waals surface area contributed by atoms with Crippen LogP contribution in [0.5, 0.6) is 0 Å². The third-order valence-corrected chi connectivity index (χ3v) is 2.98. The summed E-state index contributed by atoms with van der Waals surface area (Å²) < 4.78 is 20.9. The van der Waals surface area contributed by atoms with E-state index in [2.05, 4.69) is 17.6 Å². The summed E-state index contributed by atoms with van der Waals surface area (Å²) in [5.74, 6) is -0.292. The maximum Gasteiger partial charge on any atom is 0.246 e. The van der Waals surface area contributed by atoms with Gasteiger partial charge in [0.15, 0.2) is 0 Å². The Hall–Kier alpha value is -1.22. The summed E-state index contributed by atoms with van der Waals surface area (Å²) in [6.07, 6.45) is 2.99. The molecule has 0 saturated heterocycles. The Labute approximate surface area is 150 Å². The molecule has 2 amide bonds. The molecule has 0 spiro atoms. The minimum absolute atomic E-state index is 0.0196. The molecule has 0 aliphatic carbocycles. The van der Waals surface area contributed by atoms with Gasteiger partial charge in [-0.1, -0.05) is 20.3 Å². The van der Waals surface area contributed by atoms with E-state index in [9.17, 15) is 9.59 Å². The van der Waals surface area contributed by atoms with E-state index in [1.54, 1.807) is 0 Å². The number of carbonyl (C=O) groups is 2. The molecule has 8 nitrogen and oxygen atoms in total. The van der Waals surface area contributed by atoms with E-state index in [4.69, 9.17) is 18.9 Å². The van der Waals surface area contributed by atoms with Crippen LogP contribution in [-0.4, -0.2) is 77.8 Å². The van der Waals surface area contributed by atoms with Gasteiger partial charge in [0, 0.05) is 19.7 Å². The van der Waals surface area contributed by atoms with Crippen LogP contribution in [0.15, 0.2) is 0 Å². The first-order valence-electron chi connectivity index (χ1n) is 9.05. The molecule has 0 aromatic rings. The van der Waals surface area contributed by atoms with Gasteiger partial charge in [0.1, 0.15) is 13.2 Å². The van der Waals surface area contributed by atoms with Gasteiger partial charge in [-0.2, -0.15) is 0 Å². The predicted molar refractivity (Wildman–Crippen MR) is 94.5 cm³/mol. The molecule has 0 unspecified atom stereocenters. The SMILES string of the molecule is CCCCNC(=O)COCCOCCNC(=O)COCCOCCC. The van der Waals surface area contributed by atoms with Gasteiger partial charge in [-0.15, -0.1) is 0 Å². The average Bonchev–Trinajstić information content (AvgIpc) is 2.60. The molecular formula is C17H34N2O6. The highest BCUT2D eigenvalue weighted by molar-refractivity contribution is 5.77. The van der Waals surface area contributed by atoms with Crippen molar-refractivity contribution in [3.05, 3.63) is 0 Å². The third kappa shape index (κ3) is 19.0. The van der Waals surface area contributed by atoms with Gasteiger partial charge in [0.05, 0.1) is 33.0 Å². The fraction of sp³-hybridized carbons (Fsp3) is 0.882. The standard InChI is InChI=1S/C17H34N2O6/c1-3-5-6-18-16(20)14-25-13-11-23-9-7-19-17(21)15-24-12-10-22-8-4-2/h3-15H2,1-2H3,(H,18,20)(H,19,21). The van der Waals surface area contributed by atoms with Gasteiger partial charge in [-0.05, 0) is 12.8 Å². The van der Waals surface area contributed by atoms with Crippen molar-refractivity contribution in [2.75, 3.05) is 65.9 Å². The van der Waals surface area contributed by atoms with E-state index in [0.29, 0.717) is 52.7 Å². The van der Waals surface area contributed by atoms with E-state index in [1.165, 1.54) is 0 Å². The number of rotatable bonds is 18. The van der Waals surface area contributed by atoms with Crippen LogP contribution in [0.1, 0.15) is 33.1 Å². The topological polar surface area (TPSA) is 95.1 Å². The number of unbranched alkanes of at least 4 members (excludes halogenated alkanes) is 1. The van der Waals surface area contributed by atoms with Crippen molar-refractivity contribution in [1.29, 1.82) is 0 Å². The maximum absolute atomic E-state index is 11.4. The molecule has 0 atom stereocenters. The number of hydrogen-bond donors (Lipinski definition) is 2. The summed E-state index contributed by atoms with van der Waals surface area (Å²) in [6, 6.07) is 0. The van der Waals surface area contributed by atoms with Crippen LogP contribution in [0.3, 0.4) is 0 Å². The van der Waals surface area contributed by atoms with Crippen molar-refractivity contribution < 1.29 is 28.5 Å². The van der Waals surface area contributed by atoms with E-state index >= 15 is 0 Å². The molecule has 2 N–H and O–H groups in total. The van der Waals surface area contributed by atoms with E-state index in [1.807, 2.05) is 6.92 Å². The van der Waals surface area contributed by atoms with Gasteiger partial charge in [-0.3, -0.25) is 9.59 Å². The highest BCUT2D eigenvalue weighted by atomic mass is 16.5. The third-order valence-electron chi connectivity index (χ3n) is 2.98. The smallest absolute Gasteiger partial charge is 0.246 e. The quantitative estimate of drug-likeness (QED) is 0.345. The molecule has 0 bridgehead atoms. The largest absolute Gasteiger partial charge is 0.379 e. The molecule has 0 heterocycles. The Bertz CT molecular complexity index is 328. The summed E-state index contributed by atoms with van der Waals surface area (Å²) in [5, 5.41) is 5.45. The molecule has 0 saturated carbocycles. The second-order valence-corrected chi connectivity index (χ2v) is 5.38. The Morgan fingerprint density at radius 3 is 1.72 bits per heavy atom. The van der Waals surface area contributed by atoms with Crippen LogP contribution in [0.2, 0.25) is 0 Å². The number of hydrogen-bond acceptors (Lipinski definition) is 6. The first-order valence-corrected chi connectivity index (χ1v) is 9.05. The summed E-state index contributed by atoms with van der Waals surface area (Å²) in [6.45, 7) is 7.99. The zero-order valence-corrected chi connectivity index (χ0v) is 15.6. The van der Waals surface area contributed by atoms with Gasteiger partial charge in [-0.25, -0.2) is 0 Å². The van der Waals surface area contributed by atoms with Gasteiger partial charge in [0.2, 0.25) is 11.8 Å². The summed E-state index contributed by atoms with van der Waals surface area (Å²) >= 11 is 0. The predicted octanol–water partition coefficient (Wildman–Crippen LogP) is 0.495. The van der Waals surface area contributed by atoms with Crippen molar-refractivity contribution in [3.63, 3.8) is 0 Å². The fourth-order valence-electron chi connectivity index (χ4n) is 1.68. The second kappa shape index (κ2) is 19.1. The van der Waals surface area contributed by atoms with Gasteiger partial charge in [0.25, 0.3) is 0 Å². The van der Waals surface area contributed by atoms with Crippen LogP contribution >= 0.6 is 0 Å². The lowest BCUT2D eigenvalue weighted by atomic mass is 10.3. The Morgan fingerprint density at radius 1 is 0.640 bits per heavy atom.